The first-order chi connectivity index (χ1) is 7.33. The summed E-state index contributed by atoms with van der Waals surface area (Å²) in [4.78, 5) is 10.3. The summed E-state index contributed by atoms with van der Waals surface area (Å²) in [6.45, 7) is 1.94. The molecule has 3 rings (SSSR count). The maximum Gasteiger partial charge on any atom is 0.137 e. The fourth-order valence-corrected chi connectivity index (χ4v) is 2.02. The molecule has 0 amide bonds. The monoisotopic (exact) mass is 199 g/mol. The van der Waals surface area contributed by atoms with Gasteiger partial charge in [-0.3, -0.25) is 4.90 Å². The van der Waals surface area contributed by atoms with Crippen LogP contribution in [0, 0.1) is 0 Å². The summed E-state index contributed by atoms with van der Waals surface area (Å²) in [6, 6.07) is 10.3. The van der Waals surface area contributed by atoms with Gasteiger partial charge in [0.2, 0.25) is 0 Å². The third-order valence-electron chi connectivity index (χ3n) is 2.76. The van der Waals surface area contributed by atoms with Crippen molar-refractivity contribution in [1.82, 2.24) is 14.9 Å². The zero-order valence-corrected chi connectivity index (χ0v) is 8.70. The second-order valence-electron chi connectivity index (χ2n) is 4.05. The van der Waals surface area contributed by atoms with Crippen LogP contribution in [0.3, 0.4) is 0 Å². The number of nitrogens with one attached hydrogen (secondary N) is 1. The zero-order valence-electron chi connectivity index (χ0n) is 8.70. The van der Waals surface area contributed by atoms with Gasteiger partial charge in [-0.15, -0.1) is 0 Å². The minimum absolute atomic E-state index is 0.957. The van der Waals surface area contributed by atoms with Gasteiger partial charge in [-0.1, -0.05) is 30.3 Å². The van der Waals surface area contributed by atoms with Gasteiger partial charge < -0.3 is 4.98 Å². The Bertz CT molecular complexity index is 449. The van der Waals surface area contributed by atoms with Crippen LogP contribution in [-0.2, 0) is 13.1 Å². The molecular weight excluding hydrogens is 186 g/mol. The number of benzene rings is 1. The van der Waals surface area contributed by atoms with E-state index in [1.54, 1.807) is 0 Å². The molecule has 76 valence electrons. The molecule has 0 fully saturated rings. The molecule has 0 saturated heterocycles. The van der Waals surface area contributed by atoms with Crippen molar-refractivity contribution in [2.75, 3.05) is 7.05 Å². The Morgan fingerprint density at radius 2 is 2.00 bits per heavy atom. The first kappa shape index (κ1) is 8.68. The summed E-state index contributed by atoms with van der Waals surface area (Å²) in [6.07, 6.45) is 0. The van der Waals surface area contributed by atoms with E-state index in [1.807, 2.05) is 18.2 Å². The van der Waals surface area contributed by atoms with E-state index in [0.29, 0.717) is 0 Å². The summed E-state index contributed by atoms with van der Waals surface area (Å²) in [7, 11) is 2.11. The van der Waals surface area contributed by atoms with Crippen LogP contribution >= 0.6 is 0 Å². The standard InChI is InChI=1S/C12H13N3/c1-15-7-10-11(8-15)14-12(13-10)9-5-3-2-4-6-9/h2-6H,7-8H2,1H3,(H,13,14). The van der Waals surface area contributed by atoms with Crippen LogP contribution < -0.4 is 0 Å². The van der Waals surface area contributed by atoms with Crippen molar-refractivity contribution < 1.29 is 0 Å². The number of H-pyrrole nitrogens is 1. The van der Waals surface area contributed by atoms with Gasteiger partial charge >= 0.3 is 0 Å². The molecular formula is C12H13N3. The van der Waals surface area contributed by atoms with Gasteiger partial charge in [0, 0.05) is 18.7 Å². The van der Waals surface area contributed by atoms with Crippen molar-refractivity contribution in [3.05, 3.63) is 41.7 Å². The molecule has 0 atom stereocenters. The second kappa shape index (κ2) is 3.21. The molecule has 15 heavy (non-hydrogen) atoms. The van der Waals surface area contributed by atoms with E-state index >= 15 is 0 Å². The molecule has 0 saturated carbocycles. The van der Waals surface area contributed by atoms with Crippen molar-refractivity contribution in [3.8, 4) is 11.4 Å². The third-order valence-corrected chi connectivity index (χ3v) is 2.76. The lowest BCUT2D eigenvalue weighted by atomic mass is 10.2. The maximum absolute atomic E-state index is 4.61. The van der Waals surface area contributed by atoms with Crippen LogP contribution in [0.1, 0.15) is 11.4 Å². The van der Waals surface area contributed by atoms with E-state index in [-0.39, 0.29) is 0 Å². The molecule has 2 heterocycles. The van der Waals surface area contributed by atoms with Crippen molar-refractivity contribution in [2.45, 2.75) is 13.1 Å². The Morgan fingerprint density at radius 3 is 2.73 bits per heavy atom. The van der Waals surface area contributed by atoms with Crippen LogP contribution in [0.5, 0.6) is 0 Å². The molecule has 1 aromatic heterocycles. The predicted molar refractivity (Wildman–Crippen MR) is 59.2 cm³/mol. The zero-order chi connectivity index (χ0) is 10.3. The Morgan fingerprint density at radius 1 is 1.20 bits per heavy atom. The number of rotatable bonds is 1. The minimum Gasteiger partial charge on any atom is -0.341 e. The smallest absolute Gasteiger partial charge is 0.137 e. The normalized spacial score (nSPS) is 15.5. The highest BCUT2D eigenvalue weighted by molar-refractivity contribution is 5.55. The third kappa shape index (κ3) is 1.45. The number of aromatic nitrogens is 2. The van der Waals surface area contributed by atoms with Crippen LogP contribution in [-0.4, -0.2) is 21.9 Å². The average molecular weight is 199 g/mol. The molecule has 0 radical (unpaired) electrons. The summed E-state index contributed by atoms with van der Waals surface area (Å²) >= 11 is 0. The Labute approximate surface area is 88.8 Å². The van der Waals surface area contributed by atoms with Gasteiger partial charge in [-0.05, 0) is 7.05 Å². The van der Waals surface area contributed by atoms with E-state index in [1.165, 1.54) is 11.4 Å². The number of aromatic amines is 1. The van der Waals surface area contributed by atoms with Crippen LogP contribution in [0.2, 0.25) is 0 Å². The van der Waals surface area contributed by atoms with Gasteiger partial charge in [-0.25, -0.2) is 4.98 Å². The lowest BCUT2D eigenvalue weighted by Crippen LogP contribution is -2.09. The van der Waals surface area contributed by atoms with E-state index in [2.05, 4.69) is 34.0 Å². The fourth-order valence-electron chi connectivity index (χ4n) is 2.02. The minimum atomic E-state index is 0.957. The number of hydrogen-bond acceptors (Lipinski definition) is 2. The summed E-state index contributed by atoms with van der Waals surface area (Å²) < 4.78 is 0. The lowest BCUT2D eigenvalue weighted by Gasteiger charge is -2.04. The van der Waals surface area contributed by atoms with E-state index in [0.717, 1.165) is 24.5 Å². The van der Waals surface area contributed by atoms with Crippen molar-refractivity contribution >= 4 is 0 Å². The first-order valence-electron chi connectivity index (χ1n) is 5.14. The average Bonchev–Trinajstić information content (AvgIpc) is 2.76. The van der Waals surface area contributed by atoms with E-state index in [4.69, 9.17) is 0 Å². The highest BCUT2D eigenvalue weighted by Crippen LogP contribution is 2.23. The molecule has 3 heteroatoms. The quantitative estimate of drug-likeness (QED) is 0.762. The number of hydrogen-bond donors (Lipinski definition) is 1. The highest BCUT2D eigenvalue weighted by atomic mass is 15.2. The predicted octanol–water partition coefficient (Wildman–Crippen LogP) is 2.02. The van der Waals surface area contributed by atoms with Crippen LogP contribution in [0.4, 0.5) is 0 Å². The Hall–Kier alpha value is -1.61. The topological polar surface area (TPSA) is 31.9 Å². The molecule has 3 nitrogen and oxygen atoms in total. The molecule has 1 aromatic carbocycles. The highest BCUT2D eigenvalue weighted by Gasteiger charge is 2.20. The van der Waals surface area contributed by atoms with Gasteiger partial charge in [0.1, 0.15) is 5.82 Å². The Kier molecular flexibility index (Phi) is 1.86. The van der Waals surface area contributed by atoms with E-state index in [9.17, 15) is 0 Å². The van der Waals surface area contributed by atoms with Crippen molar-refractivity contribution in [1.29, 1.82) is 0 Å². The molecule has 0 spiro atoms. The second-order valence-corrected chi connectivity index (χ2v) is 4.05. The van der Waals surface area contributed by atoms with Crippen LogP contribution in [0.25, 0.3) is 11.4 Å². The summed E-state index contributed by atoms with van der Waals surface area (Å²) in [5, 5.41) is 0. The molecule has 0 aliphatic carbocycles. The molecule has 0 unspecified atom stereocenters. The fraction of sp³-hybridized carbons (Fsp3) is 0.250. The number of imidazole rings is 1. The molecule has 2 aromatic rings. The molecule has 0 bridgehead atoms. The van der Waals surface area contributed by atoms with E-state index < -0.39 is 0 Å². The van der Waals surface area contributed by atoms with Gasteiger partial charge in [0.15, 0.2) is 0 Å². The lowest BCUT2D eigenvalue weighted by molar-refractivity contribution is 0.347. The number of nitrogens with zero attached hydrogens (tertiary/aromatic N) is 2. The first-order valence-corrected chi connectivity index (χ1v) is 5.14. The molecule has 1 aliphatic heterocycles. The van der Waals surface area contributed by atoms with Gasteiger partial charge in [-0.2, -0.15) is 0 Å². The summed E-state index contributed by atoms with van der Waals surface area (Å²) in [5.41, 5.74) is 3.61. The van der Waals surface area contributed by atoms with Crippen LogP contribution in [0.15, 0.2) is 30.3 Å². The summed E-state index contributed by atoms with van der Waals surface area (Å²) in [5.74, 6) is 0.994. The van der Waals surface area contributed by atoms with Gasteiger partial charge in [0.05, 0.1) is 11.4 Å². The van der Waals surface area contributed by atoms with Crippen molar-refractivity contribution in [2.24, 2.45) is 0 Å². The molecule has 1 aliphatic rings. The van der Waals surface area contributed by atoms with Gasteiger partial charge in [0.25, 0.3) is 0 Å². The Balaban J connectivity index is 2.00. The van der Waals surface area contributed by atoms with Crippen molar-refractivity contribution in [3.63, 3.8) is 0 Å². The largest absolute Gasteiger partial charge is 0.341 e. The molecule has 1 N–H and O–H groups in total. The number of fused-ring (bicyclic) bond motifs is 1. The SMILES string of the molecule is CN1Cc2nc(-c3ccccc3)[nH]c2C1. The maximum atomic E-state index is 4.61.